The highest BCUT2D eigenvalue weighted by molar-refractivity contribution is 7.10. The van der Waals surface area contributed by atoms with Crippen LogP contribution < -0.4 is 0 Å². The van der Waals surface area contributed by atoms with Crippen molar-refractivity contribution in [1.29, 1.82) is 0 Å². The number of allylic oxidation sites excluding steroid dienone is 1. The van der Waals surface area contributed by atoms with Gasteiger partial charge >= 0.3 is 0 Å². The summed E-state index contributed by atoms with van der Waals surface area (Å²) in [6.45, 7) is 1.96. The molecule has 3 heteroatoms. The summed E-state index contributed by atoms with van der Waals surface area (Å²) < 4.78 is 0. The van der Waals surface area contributed by atoms with Gasteiger partial charge in [-0.1, -0.05) is 0 Å². The molecule has 1 aliphatic rings. The molecule has 1 aromatic rings. The van der Waals surface area contributed by atoms with Crippen LogP contribution in [-0.4, -0.2) is 16.2 Å². The van der Waals surface area contributed by atoms with E-state index in [1.165, 1.54) is 11.3 Å². The SMILES string of the molecule is C#Cc1nc(C2=C(C)[C@H](O)CC2)cs1. The van der Waals surface area contributed by atoms with E-state index in [0.717, 1.165) is 29.7 Å². The smallest absolute Gasteiger partial charge is 0.167 e. The van der Waals surface area contributed by atoms with Crippen LogP contribution in [0.25, 0.3) is 5.57 Å². The predicted octanol–water partition coefficient (Wildman–Crippen LogP) is 2.05. The lowest BCUT2D eigenvalue weighted by Gasteiger charge is -2.01. The van der Waals surface area contributed by atoms with Crippen molar-refractivity contribution in [3.63, 3.8) is 0 Å². The minimum atomic E-state index is -0.291. The average Bonchev–Trinajstić information content (AvgIpc) is 2.75. The standard InChI is InChI=1S/C11H11NOS/c1-3-11-12-9(6-14-11)8-4-5-10(13)7(8)2/h1,6,10,13H,4-5H2,2H3/t10-/m1/s1. The van der Waals surface area contributed by atoms with Gasteiger partial charge in [-0.3, -0.25) is 0 Å². The Hall–Kier alpha value is -1.11. The van der Waals surface area contributed by atoms with Crippen LogP contribution in [-0.2, 0) is 0 Å². The first-order chi connectivity index (χ1) is 6.72. The molecule has 0 saturated heterocycles. The van der Waals surface area contributed by atoms with Crippen LogP contribution in [0, 0.1) is 12.3 Å². The number of rotatable bonds is 1. The number of hydrogen-bond donors (Lipinski definition) is 1. The molecule has 0 amide bonds. The van der Waals surface area contributed by atoms with Crippen molar-refractivity contribution in [3.8, 4) is 12.3 Å². The fourth-order valence-corrected chi connectivity index (χ4v) is 2.34. The second kappa shape index (κ2) is 3.56. The van der Waals surface area contributed by atoms with E-state index in [4.69, 9.17) is 6.42 Å². The first kappa shape index (κ1) is 9.45. The van der Waals surface area contributed by atoms with Crippen molar-refractivity contribution in [1.82, 2.24) is 4.98 Å². The summed E-state index contributed by atoms with van der Waals surface area (Å²) in [6.07, 6.45) is 6.68. The Kier molecular flexibility index (Phi) is 2.40. The summed E-state index contributed by atoms with van der Waals surface area (Å²) in [5, 5.41) is 12.2. The third kappa shape index (κ3) is 1.47. The zero-order chi connectivity index (χ0) is 10.1. The molecule has 1 heterocycles. The van der Waals surface area contributed by atoms with E-state index >= 15 is 0 Å². The molecule has 2 rings (SSSR count). The second-order valence-electron chi connectivity index (χ2n) is 3.40. The molecule has 14 heavy (non-hydrogen) atoms. The van der Waals surface area contributed by atoms with Gasteiger partial charge in [-0.25, -0.2) is 4.98 Å². The van der Waals surface area contributed by atoms with Gasteiger partial charge < -0.3 is 5.11 Å². The van der Waals surface area contributed by atoms with Crippen molar-refractivity contribution in [2.45, 2.75) is 25.9 Å². The van der Waals surface area contributed by atoms with Gasteiger partial charge in [-0.05, 0) is 36.8 Å². The zero-order valence-electron chi connectivity index (χ0n) is 7.95. The summed E-state index contributed by atoms with van der Waals surface area (Å²) in [7, 11) is 0. The van der Waals surface area contributed by atoms with Crippen molar-refractivity contribution < 1.29 is 5.11 Å². The van der Waals surface area contributed by atoms with E-state index in [-0.39, 0.29) is 6.10 Å². The monoisotopic (exact) mass is 205 g/mol. The van der Waals surface area contributed by atoms with Crippen molar-refractivity contribution in [2.75, 3.05) is 0 Å². The Morgan fingerprint density at radius 2 is 2.50 bits per heavy atom. The molecule has 2 nitrogen and oxygen atoms in total. The molecule has 0 spiro atoms. The first-order valence-electron chi connectivity index (χ1n) is 4.52. The number of aliphatic hydroxyl groups excluding tert-OH is 1. The van der Waals surface area contributed by atoms with Crippen LogP contribution in [0.2, 0.25) is 0 Å². The molecular formula is C11H11NOS. The highest BCUT2D eigenvalue weighted by Gasteiger charge is 2.22. The topological polar surface area (TPSA) is 33.1 Å². The molecule has 0 radical (unpaired) electrons. The van der Waals surface area contributed by atoms with Gasteiger partial charge in [0.2, 0.25) is 0 Å². The molecule has 0 saturated carbocycles. The number of nitrogens with zero attached hydrogens (tertiary/aromatic N) is 1. The minimum Gasteiger partial charge on any atom is -0.389 e. The van der Waals surface area contributed by atoms with E-state index in [1.54, 1.807) is 0 Å². The van der Waals surface area contributed by atoms with Crippen molar-refractivity contribution in [3.05, 3.63) is 21.7 Å². The zero-order valence-corrected chi connectivity index (χ0v) is 8.77. The molecule has 72 valence electrons. The number of aromatic nitrogens is 1. The van der Waals surface area contributed by atoms with Gasteiger partial charge in [0, 0.05) is 5.38 Å². The highest BCUT2D eigenvalue weighted by atomic mass is 32.1. The average molecular weight is 205 g/mol. The van der Waals surface area contributed by atoms with Gasteiger partial charge in [-0.15, -0.1) is 17.8 Å². The Morgan fingerprint density at radius 1 is 1.71 bits per heavy atom. The molecule has 1 aliphatic carbocycles. The summed E-state index contributed by atoms with van der Waals surface area (Å²) in [5.41, 5.74) is 3.14. The van der Waals surface area contributed by atoms with E-state index in [1.807, 2.05) is 12.3 Å². The van der Waals surface area contributed by atoms with Crippen LogP contribution in [0.15, 0.2) is 11.0 Å². The van der Waals surface area contributed by atoms with E-state index in [0.29, 0.717) is 5.01 Å². The van der Waals surface area contributed by atoms with Gasteiger partial charge in [0.1, 0.15) is 0 Å². The third-order valence-corrected chi connectivity index (χ3v) is 3.35. The molecule has 0 bridgehead atoms. The van der Waals surface area contributed by atoms with Gasteiger partial charge in [0.25, 0.3) is 0 Å². The van der Waals surface area contributed by atoms with Crippen LogP contribution in [0.5, 0.6) is 0 Å². The molecule has 0 unspecified atom stereocenters. The maximum atomic E-state index is 9.57. The van der Waals surface area contributed by atoms with Crippen LogP contribution in [0.3, 0.4) is 0 Å². The Labute approximate surface area is 87.3 Å². The van der Waals surface area contributed by atoms with Gasteiger partial charge in [0.05, 0.1) is 11.8 Å². The fraction of sp³-hybridized carbons (Fsp3) is 0.364. The molecule has 1 aromatic heterocycles. The Bertz CT molecular complexity index is 425. The summed E-state index contributed by atoms with van der Waals surface area (Å²) >= 11 is 1.48. The van der Waals surface area contributed by atoms with Crippen LogP contribution >= 0.6 is 11.3 Å². The van der Waals surface area contributed by atoms with Crippen LogP contribution in [0.1, 0.15) is 30.5 Å². The number of hydrogen-bond acceptors (Lipinski definition) is 3. The van der Waals surface area contributed by atoms with E-state index < -0.39 is 0 Å². The number of aliphatic hydroxyl groups is 1. The number of terminal acetylenes is 1. The molecule has 0 fully saturated rings. The third-order valence-electron chi connectivity index (χ3n) is 2.58. The molecule has 1 atom stereocenters. The summed E-state index contributed by atoms with van der Waals surface area (Å²) in [6, 6.07) is 0. The first-order valence-corrected chi connectivity index (χ1v) is 5.40. The predicted molar refractivity (Wildman–Crippen MR) is 57.9 cm³/mol. The molecule has 0 aliphatic heterocycles. The highest BCUT2D eigenvalue weighted by Crippen LogP contribution is 2.33. The second-order valence-corrected chi connectivity index (χ2v) is 4.26. The van der Waals surface area contributed by atoms with Gasteiger partial charge in [0.15, 0.2) is 5.01 Å². The summed E-state index contributed by atoms with van der Waals surface area (Å²) in [5.74, 6) is 2.52. The maximum absolute atomic E-state index is 9.57. The van der Waals surface area contributed by atoms with Crippen molar-refractivity contribution >= 4 is 16.9 Å². The molecule has 0 aromatic carbocycles. The lowest BCUT2D eigenvalue weighted by molar-refractivity contribution is 0.212. The largest absolute Gasteiger partial charge is 0.389 e. The lowest BCUT2D eigenvalue weighted by atomic mass is 10.1. The minimum absolute atomic E-state index is 0.291. The molecular weight excluding hydrogens is 194 g/mol. The maximum Gasteiger partial charge on any atom is 0.167 e. The Morgan fingerprint density at radius 3 is 3.00 bits per heavy atom. The van der Waals surface area contributed by atoms with Crippen LogP contribution in [0.4, 0.5) is 0 Å². The van der Waals surface area contributed by atoms with E-state index in [9.17, 15) is 5.11 Å². The lowest BCUT2D eigenvalue weighted by Crippen LogP contribution is -2.00. The van der Waals surface area contributed by atoms with Crippen molar-refractivity contribution in [2.24, 2.45) is 0 Å². The summed E-state index contributed by atoms with van der Waals surface area (Å²) in [4.78, 5) is 4.31. The van der Waals surface area contributed by atoms with Gasteiger partial charge in [-0.2, -0.15) is 0 Å². The normalized spacial score (nSPS) is 21.4. The fourth-order valence-electron chi connectivity index (χ4n) is 1.70. The Balaban J connectivity index is 2.37. The number of thiazole rings is 1. The molecule has 1 N–H and O–H groups in total. The quantitative estimate of drug-likeness (QED) is 0.712. The van der Waals surface area contributed by atoms with E-state index in [2.05, 4.69) is 10.9 Å².